The summed E-state index contributed by atoms with van der Waals surface area (Å²) in [6, 6.07) is 18.5. The smallest absolute Gasteiger partial charge is 0.150 e. The van der Waals surface area contributed by atoms with Crippen molar-refractivity contribution >= 4 is 12.6 Å². The lowest BCUT2D eigenvalue weighted by Crippen LogP contribution is -2.36. The predicted octanol–water partition coefficient (Wildman–Crippen LogP) is 3.14. The fraction of sp³-hybridized carbons (Fsp3) is 0.261. The molecule has 2 heterocycles. The van der Waals surface area contributed by atoms with Crippen molar-refractivity contribution in [3.8, 4) is 16.9 Å². The molecule has 1 aromatic heterocycles. The van der Waals surface area contributed by atoms with E-state index in [1.165, 1.54) is 16.7 Å². The summed E-state index contributed by atoms with van der Waals surface area (Å²) >= 11 is 3.53. The molecule has 2 aromatic carbocycles. The molecule has 0 saturated carbocycles. The van der Waals surface area contributed by atoms with Crippen molar-refractivity contribution in [2.45, 2.75) is 29.9 Å². The van der Waals surface area contributed by atoms with Gasteiger partial charge in [-0.2, -0.15) is 0 Å². The first-order valence-corrected chi connectivity index (χ1v) is 10.1. The summed E-state index contributed by atoms with van der Waals surface area (Å²) in [5.74, 6) is 0.964. The number of benzene rings is 2. The van der Waals surface area contributed by atoms with E-state index in [1.807, 2.05) is 12.1 Å². The predicted molar refractivity (Wildman–Crippen MR) is 115 cm³/mol. The number of aryl methyl sites for hydroxylation is 1. The van der Waals surface area contributed by atoms with Crippen LogP contribution >= 0.6 is 0 Å². The molecule has 1 aliphatic heterocycles. The molecule has 0 spiro atoms. The molecule has 5 heteroatoms. The molecule has 0 amide bonds. The third-order valence-corrected chi connectivity index (χ3v) is 5.42. The minimum atomic E-state index is -0.557. The van der Waals surface area contributed by atoms with Crippen molar-refractivity contribution in [1.29, 1.82) is 0 Å². The molecule has 0 bridgehead atoms. The van der Waals surface area contributed by atoms with E-state index in [4.69, 9.17) is 4.74 Å². The highest BCUT2D eigenvalue weighted by molar-refractivity contribution is 7.58. The normalized spacial score (nSPS) is 16.9. The minimum Gasteiger partial charge on any atom is -0.489 e. The van der Waals surface area contributed by atoms with Crippen molar-refractivity contribution in [3.63, 3.8) is 0 Å². The number of ether oxygens (including phenoxy) is 1. The molecule has 2 N–H and O–H groups in total. The Morgan fingerprint density at radius 2 is 1.96 bits per heavy atom. The zero-order valence-corrected chi connectivity index (χ0v) is 16.6. The van der Waals surface area contributed by atoms with Gasteiger partial charge >= 0.3 is 0 Å². The highest BCUT2D eigenvalue weighted by Crippen LogP contribution is 2.32. The topological polar surface area (TPSA) is 54.4 Å². The maximum atomic E-state index is 10.2. The van der Waals surface area contributed by atoms with E-state index in [-0.39, 0.29) is 6.10 Å². The van der Waals surface area contributed by atoms with Gasteiger partial charge in [0.15, 0.2) is 0 Å². The molecule has 1 aliphatic rings. The Labute approximate surface area is 171 Å². The van der Waals surface area contributed by atoms with Gasteiger partial charge in [0.05, 0.1) is 6.10 Å². The standard InChI is InChI=1S/C23H24N2O2S/c26-22(19-2-1-11-24-13-19)15-25-14-20-7-3-18-12-17(6-10-23(18)27-20)16-4-8-21(28)9-5-16/h1-2,4-6,8-13,20,22,25-26,28H,3,7,14-15H2/p+1/t20-,22+/m1/s1. The lowest BCUT2D eigenvalue weighted by molar-refractivity contribution is 0.146. The molecule has 0 saturated heterocycles. The Hall–Kier alpha value is -2.34. The monoisotopic (exact) mass is 393 g/mol. The minimum absolute atomic E-state index is 0.117. The SMILES string of the molecule is O[C@@H](CNC[C@H]1CCc2cc(-c3ccc([SH2+])cc3)ccc2O1)c1cccnc1. The summed E-state index contributed by atoms with van der Waals surface area (Å²) in [5, 5.41) is 13.5. The van der Waals surface area contributed by atoms with Crippen LogP contribution in [-0.2, 0) is 19.0 Å². The number of aromatic nitrogens is 1. The van der Waals surface area contributed by atoms with Crippen LogP contribution in [0.1, 0.15) is 23.7 Å². The average Bonchev–Trinajstić information content (AvgIpc) is 2.74. The van der Waals surface area contributed by atoms with Gasteiger partial charge < -0.3 is 15.2 Å². The molecule has 2 atom stereocenters. The number of rotatable bonds is 6. The van der Waals surface area contributed by atoms with Crippen LogP contribution in [-0.4, -0.2) is 29.3 Å². The van der Waals surface area contributed by atoms with Crippen molar-refractivity contribution in [2.75, 3.05) is 13.1 Å². The number of aliphatic hydroxyl groups is 1. The Morgan fingerprint density at radius 1 is 1.14 bits per heavy atom. The van der Waals surface area contributed by atoms with Crippen LogP contribution in [0.4, 0.5) is 0 Å². The number of hydrogen-bond acceptors (Lipinski definition) is 4. The largest absolute Gasteiger partial charge is 0.489 e. The molecule has 0 aliphatic carbocycles. The van der Waals surface area contributed by atoms with Crippen LogP contribution in [0.5, 0.6) is 5.75 Å². The second-order valence-electron chi connectivity index (χ2n) is 7.14. The number of fused-ring (bicyclic) bond motifs is 1. The first kappa shape index (κ1) is 19.0. The number of nitrogens with one attached hydrogen (secondary N) is 1. The lowest BCUT2D eigenvalue weighted by Gasteiger charge is -2.27. The Bertz CT molecular complexity index is 916. The summed E-state index contributed by atoms with van der Waals surface area (Å²) < 4.78 is 6.17. The summed E-state index contributed by atoms with van der Waals surface area (Å²) in [7, 11) is 0. The van der Waals surface area contributed by atoms with Gasteiger partial charge in [0.1, 0.15) is 16.7 Å². The molecule has 3 aromatic rings. The maximum Gasteiger partial charge on any atom is 0.150 e. The van der Waals surface area contributed by atoms with Gasteiger partial charge in [0.25, 0.3) is 0 Å². The highest BCUT2D eigenvalue weighted by atomic mass is 32.1. The second kappa shape index (κ2) is 8.78. The first-order valence-electron chi connectivity index (χ1n) is 9.59. The fourth-order valence-corrected chi connectivity index (χ4v) is 3.67. The van der Waals surface area contributed by atoms with Gasteiger partial charge in [-0.3, -0.25) is 4.98 Å². The van der Waals surface area contributed by atoms with Gasteiger partial charge in [0, 0.05) is 31.0 Å². The third kappa shape index (κ3) is 4.55. The van der Waals surface area contributed by atoms with Crippen LogP contribution < -0.4 is 10.1 Å². The molecule has 28 heavy (non-hydrogen) atoms. The number of nitrogens with zero attached hydrogens (tertiary/aromatic N) is 1. The van der Waals surface area contributed by atoms with Crippen molar-refractivity contribution in [1.82, 2.24) is 10.3 Å². The number of pyridine rings is 1. The van der Waals surface area contributed by atoms with Crippen LogP contribution in [0.3, 0.4) is 0 Å². The van der Waals surface area contributed by atoms with E-state index >= 15 is 0 Å². The number of hydrogen-bond donors (Lipinski definition) is 2. The molecule has 0 unspecified atom stereocenters. The van der Waals surface area contributed by atoms with E-state index in [9.17, 15) is 5.11 Å². The van der Waals surface area contributed by atoms with Gasteiger partial charge in [-0.05, 0) is 84.6 Å². The molecule has 0 radical (unpaired) electrons. The first-order chi connectivity index (χ1) is 13.7. The summed E-state index contributed by atoms with van der Waals surface area (Å²) in [4.78, 5) is 5.12. The molecule has 4 rings (SSSR count). The van der Waals surface area contributed by atoms with Gasteiger partial charge in [0.2, 0.25) is 0 Å². The second-order valence-corrected chi connectivity index (χ2v) is 7.72. The molecule has 0 fully saturated rings. The van der Waals surface area contributed by atoms with Crippen molar-refractivity contribution in [2.24, 2.45) is 0 Å². The Balaban J connectivity index is 1.33. The summed E-state index contributed by atoms with van der Waals surface area (Å²) in [6.07, 6.45) is 4.93. The van der Waals surface area contributed by atoms with Crippen molar-refractivity contribution in [3.05, 3.63) is 78.1 Å². The average molecular weight is 394 g/mol. The van der Waals surface area contributed by atoms with E-state index in [1.54, 1.807) is 12.4 Å². The zero-order chi connectivity index (χ0) is 19.3. The van der Waals surface area contributed by atoms with Crippen LogP contribution in [0.15, 0.2) is 71.9 Å². The van der Waals surface area contributed by atoms with Crippen LogP contribution in [0.2, 0.25) is 0 Å². The van der Waals surface area contributed by atoms with E-state index in [0.29, 0.717) is 13.1 Å². The van der Waals surface area contributed by atoms with E-state index in [2.05, 4.69) is 65.4 Å². The fourth-order valence-electron chi connectivity index (χ4n) is 3.50. The third-order valence-electron chi connectivity index (χ3n) is 5.09. The van der Waals surface area contributed by atoms with Gasteiger partial charge in [-0.15, -0.1) is 0 Å². The molecule has 4 nitrogen and oxygen atoms in total. The van der Waals surface area contributed by atoms with Crippen LogP contribution in [0, 0.1) is 0 Å². The quantitative estimate of drug-likeness (QED) is 0.632. The summed E-state index contributed by atoms with van der Waals surface area (Å²) in [6.45, 7) is 1.20. The molecular weight excluding hydrogens is 368 g/mol. The number of aliphatic hydroxyl groups excluding tert-OH is 1. The maximum absolute atomic E-state index is 10.2. The van der Waals surface area contributed by atoms with Crippen molar-refractivity contribution < 1.29 is 9.84 Å². The Morgan fingerprint density at radius 3 is 2.75 bits per heavy atom. The van der Waals surface area contributed by atoms with Crippen LogP contribution in [0.25, 0.3) is 11.1 Å². The van der Waals surface area contributed by atoms with E-state index < -0.39 is 6.10 Å². The van der Waals surface area contributed by atoms with Gasteiger partial charge in [-0.25, -0.2) is 0 Å². The zero-order valence-electron chi connectivity index (χ0n) is 15.6. The lowest BCUT2D eigenvalue weighted by atomic mass is 9.97. The molecular formula is C23H25N2O2S+. The van der Waals surface area contributed by atoms with E-state index in [0.717, 1.165) is 29.1 Å². The summed E-state index contributed by atoms with van der Waals surface area (Å²) in [5.41, 5.74) is 4.50. The van der Waals surface area contributed by atoms with Gasteiger partial charge in [-0.1, -0.05) is 12.1 Å². The molecule has 144 valence electrons. The highest BCUT2D eigenvalue weighted by Gasteiger charge is 2.20. The Kier molecular flexibility index (Phi) is 5.95.